The van der Waals surface area contributed by atoms with Gasteiger partial charge in [-0.25, -0.2) is 4.79 Å². The Bertz CT molecular complexity index is 897. The number of carbonyl (C=O) groups excluding carboxylic acids is 2. The first kappa shape index (κ1) is 33.2. The highest BCUT2D eigenvalue weighted by molar-refractivity contribution is 5.75. The minimum absolute atomic E-state index is 0.235. The van der Waals surface area contributed by atoms with Crippen molar-refractivity contribution in [3.63, 3.8) is 0 Å². The molecule has 1 fully saturated rings. The van der Waals surface area contributed by atoms with Crippen LogP contribution in [0.15, 0.2) is 36.0 Å². The minimum atomic E-state index is -1.91. The van der Waals surface area contributed by atoms with Crippen LogP contribution in [0.2, 0.25) is 0 Å². The van der Waals surface area contributed by atoms with Crippen LogP contribution in [-0.2, 0) is 23.8 Å². The number of aliphatic hydroxyl groups excluding tert-OH is 3. The van der Waals surface area contributed by atoms with E-state index in [0.717, 1.165) is 19.3 Å². The quantitative estimate of drug-likeness (QED) is 0.139. The van der Waals surface area contributed by atoms with E-state index >= 15 is 0 Å². The van der Waals surface area contributed by atoms with Gasteiger partial charge in [0.25, 0.3) is 0 Å². The van der Waals surface area contributed by atoms with Gasteiger partial charge in [-0.2, -0.15) is 0 Å². The maximum absolute atomic E-state index is 12.7. The Labute approximate surface area is 232 Å². The van der Waals surface area contributed by atoms with E-state index in [2.05, 4.69) is 26.8 Å². The van der Waals surface area contributed by atoms with Crippen molar-refractivity contribution in [2.75, 3.05) is 6.61 Å². The molecule has 2 rings (SSSR count). The standard InChI is InChI=1S/C30H48O9/c1-7-9-19(3)28-24(38-28)16-18(2)10-8-11-20(4)27-21(5)12-13-25(33)30(36,17-37-22(6)31)15-14-23(32)26(34)29(35)39-27/h8,10-13,18-19,21,23-28,32-34,36H,7,9,14-17H2,1-6H3/b10-8+,13-12+,20-11+. The first-order valence-corrected chi connectivity index (χ1v) is 14.1. The average molecular weight is 553 g/mol. The van der Waals surface area contributed by atoms with Crippen molar-refractivity contribution in [3.8, 4) is 0 Å². The number of hydrogen-bond acceptors (Lipinski definition) is 9. The zero-order valence-electron chi connectivity index (χ0n) is 24.2. The molecule has 0 amide bonds. The molecule has 2 aliphatic heterocycles. The fraction of sp³-hybridized carbons (Fsp3) is 0.733. The molecule has 9 heteroatoms. The predicted molar refractivity (Wildman–Crippen MR) is 146 cm³/mol. The summed E-state index contributed by atoms with van der Waals surface area (Å²) in [6, 6.07) is 0. The zero-order chi connectivity index (χ0) is 29.3. The Morgan fingerprint density at radius 3 is 2.56 bits per heavy atom. The molecule has 0 aromatic rings. The van der Waals surface area contributed by atoms with Crippen molar-refractivity contribution >= 4 is 11.9 Å². The third-order valence-corrected chi connectivity index (χ3v) is 7.65. The second kappa shape index (κ2) is 15.1. The number of cyclic esters (lactones) is 1. The average Bonchev–Trinajstić information content (AvgIpc) is 3.65. The van der Waals surface area contributed by atoms with Gasteiger partial charge in [-0.15, -0.1) is 0 Å². The molecule has 1 saturated heterocycles. The number of allylic oxidation sites excluding steroid dienone is 3. The van der Waals surface area contributed by atoms with Crippen LogP contribution >= 0.6 is 0 Å². The monoisotopic (exact) mass is 552 g/mol. The van der Waals surface area contributed by atoms with Crippen LogP contribution in [0.1, 0.15) is 73.6 Å². The Balaban J connectivity index is 2.16. The summed E-state index contributed by atoms with van der Waals surface area (Å²) in [5, 5.41) is 42.5. The number of carbonyl (C=O) groups is 2. The number of aliphatic hydroxyl groups is 4. The molecule has 10 unspecified atom stereocenters. The summed E-state index contributed by atoms with van der Waals surface area (Å²) in [4.78, 5) is 24.0. The first-order valence-electron chi connectivity index (χ1n) is 14.1. The van der Waals surface area contributed by atoms with Gasteiger partial charge in [0.1, 0.15) is 24.4 Å². The van der Waals surface area contributed by atoms with E-state index < -0.39 is 54.5 Å². The molecule has 2 heterocycles. The van der Waals surface area contributed by atoms with Gasteiger partial charge in [0.2, 0.25) is 0 Å². The fourth-order valence-corrected chi connectivity index (χ4v) is 5.02. The van der Waals surface area contributed by atoms with E-state index in [1.807, 2.05) is 12.2 Å². The number of ether oxygens (including phenoxy) is 3. The second-order valence-corrected chi connectivity index (χ2v) is 11.4. The lowest BCUT2D eigenvalue weighted by molar-refractivity contribution is -0.167. The summed E-state index contributed by atoms with van der Waals surface area (Å²) in [6.07, 6.45) is 6.56. The van der Waals surface area contributed by atoms with E-state index in [1.54, 1.807) is 19.9 Å². The summed E-state index contributed by atoms with van der Waals surface area (Å²) >= 11 is 0. The third kappa shape index (κ3) is 10.1. The largest absolute Gasteiger partial charge is 0.463 e. The van der Waals surface area contributed by atoms with Crippen molar-refractivity contribution in [1.29, 1.82) is 0 Å². The topological polar surface area (TPSA) is 146 Å². The van der Waals surface area contributed by atoms with Gasteiger partial charge < -0.3 is 34.6 Å². The van der Waals surface area contributed by atoms with Crippen LogP contribution in [0.4, 0.5) is 0 Å². The molecule has 39 heavy (non-hydrogen) atoms. The Morgan fingerprint density at radius 2 is 1.92 bits per heavy atom. The van der Waals surface area contributed by atoms with Crippen molar-refractivity contribution in [2.24, 2.45) is 17.8 Å². The molecule has 222 valence electrons. The summed E-state index contributed by atoms with van der Waals surface area (Å²) in [6.45, 7) is 10.8. The number of hydrogen-bond donors (Lipinski definition) is 4. The van der Waals surface area contributed by atoms with E-state index in [1.165, 1.54) is 13.0 Å². The smallest absolute Gasteiger partial charge is 0.338 e. The van der Waals surface area contributed by atoms with Gasteiger partial charge >= 0.3 is 11.9 Å². The van der Waals surface area contributed by atoms with Crippen molar-refractivity contribution in [3.05, 3.63) is 36.0 Å². The highest BCUT2D eigenvalue weighted by atomic mass is 16.6. The van der Waals surface area contributed by atoms with Crippen LogP contribution in [0, 0.1) is 17.8 Å². The van der Waals surface area contributed by atoms with Crippen LogP contribution in [0.3, 0.4) is 0 Å². The molecule has 0 aromatic heterocycles. The van der Waals surface area contributed by atoms with Gasteiger partial charge in [0.15, 0.2) is 6.10 Å². The highest BCUT2D eigenvalue weighted by Gasteiger charge is 2.42. The van der Waals surface area contributed by atoms with Gasteiger partial charge in [-0.1, -0.05) is 64.5 Å². The second-order valence-electron chi connectivity index (χ2n) is 11.4. The molecule has 0 bridgehead atoms. The molecule has 0 spiro atoms. The maximum Gasteiger partial charge on any atom is 0.338 e. The van der Waals surface area contributed by atoms with Crippen molar-refractivity contribution in [2.45, 2.75) is 116 Å². The fourth-order valence-electron chi connectivity index (χ4n) is 5.02. The lowest BCUT2D eigenvalue weighted by atomic mass is 9.87. The summed E-state index contributed by atoms with van der Waals surface area (Å²) < 4.78 is 16.4. The molecule has 0 aromatic carbocycles. The number of rotatable bonds is 10. The predicted octanol–water partition coefficient (Wildman–Crippen LogP) is 2.99. The summed E-state index contributed by atoms with van der Waals surface area (Å²) in [5.74, 6) is -1.22. The minimum Gasteiger partial charge on any atom is -0.463 e. The van der Waals surface area contributed by atoms with Gasteiger partial charge in [0.05, 0.1) is 18.3 Å². The molecular formula is C30H48O9. The van der Waals surface area contributed by atoms with Crippen LogP contribution in [0.25, 0.3) is 0 Å². The normalized spacial score (nSPS) is 36.8. The lowest BCUT2D eigenvalue weighted by Gasteiger charge is -2.33. The van der Waals surface area contributed by atoms with E-state index in [9.17, 15) is 30.0 Å². The van der Waals surface area contributed by atoms with Gasteiger partial charge in [0, 0.05) is 12.8 Å². The van der Waals surface area contributed by atoms with Crippen LogP contribution in [0.5, 0.6) is 0 Å². The maximum atomic E-state index is 12.7. The number of epoxide rings is 1. The third-order valence-electron chi connectivity index (χ3n) is 7.65. The summed E-state index contributed by atoms with van der Waals surface area (Å²) in [7, 11) is 0. The molecule has 0 aliphatic carbocycles. The molecule has 4 N–H and O–H groups in total. The van der Waals surface area contributed by atoms with Crippen molar-refractivity contribution in [1.82, 2.24) is 0 Å². The molecule has 10 atom stereocenters. The Morgan fingerprint density at radius 1 is 1.23 bits per heavy atom. The molecule has 2 aliphatic rings. The van der Waals surface area contributed by atoms with Gasteiger partial charge in [-0.05, 0) is 50.0 Å². The number of esters is 2. The SMILES string of the molecule is CCCC(C)C1OC1CC(C)/C=C/C=C(\C)C1OC(=O)C(O)C(O)CCC(O)(COC(C)=O)C(O)/C=C/C1C. The molecule has 9 nitrogen and oxygen atoms in total. The van der Waals surface area contributed by atoms with Crippen LogP contribution < -0.4 is 0 Å². The lowest BCUT2D eigenvalue weighted by Crippen LogP contribution is -2.48. The van der Waals surface area contributed by atoms with Gasteiger partial charge in [-0.3, -0.25) is 4.79 Å². The molecular weight excluding hydrogens is 504 g/mol. The van der Waals surface area contributed by atoms with E-state index in [4.69, 9.17) is 14.2 Å². The first-order chi connectivity index (χ1) is 18.3. The van der Waals surface area contributed by atoms with Crippen LogP contribution in [-0.4, -0.2) is 81.2 Å². The van der Waals surface area contributed by atoms with Crippen molar-refractivity contribution < 1.29 is 44.2 Å². The zero-order valence-corrected chi connectivity index (χ0v) is 24.2. The Kier molecular flexibility index (Phi) is 12.8. The Hall–Kier alpha value is -2.04. The van der Waals surface area contributed by atoms with E-state index in [-0.39, 0.29) is 24.9 Å². The highest BCUT2D eigenvalue weighted by Crippen LogP contribution is 2.36. The summed E-state index contributed by atoms with van der Waals surface area (Å²) in [5.41, 5.74) is -1.21. The molecule has 0 saturated carbocycles. The molecule has 0 radical (unpaired) electrons. The van der Waals surface area contributed by atoms with E-state index in [0.29, 0.717) is 17.6 Å².